The Hall–Kier alpha value is -8.88. The van der Waals surface area contributed by atoms with Gasteiger partial charge in [-0.1, -0.05) is 88.7 Å². The van der Waals surface area contributed by atoms with E-state index >= 15 is 0 Å². The average Bonchev–Trinajstić information content (AvgIpc) is 1.65. The van der Waals surface area contributed by atoms with Crippen molar-refractivity contribution in [2.45, 2.75) is 157 Å². The fourth-order valence-electron chi connectivity index (χ4n) is 13.2. The molecule has 0 spiro atoms. The first kappa shape index (κ1) is 66.2. The van der Waals surface area contributed by atoms with Gasteiger partial charge in [-0.15, -0.1) is 13.1 Å². The summed E-state index contributed by atoms with van der Waals surface area (Å²) in [6.07, 6.45) is 13.6. The summed E-state index contributed by atoms with van der Waals surface area (Å²) in [5.41, 5.74) is 14.7. The van der Waals surface area contributed by atoms with E-state index in [4.69, 9.17) is 16.3 Å². The van der Waals surface area contributed by atoms with E-state index in [1.807, 2.05) is 65.0 Å². The number of anilines is 3. The maximum absolute atomic E-state index is 13.8. The van der Waals surface area contributed by atoms with Crippen LogP contribution in [0.3, 0.4) is 0 Å². The van der Waals surface area contributed by atoms with Crippen molar-refractivity contribution in [1.29, 1.82) is 0 Å². The number of hydrogen-bond donors (Lipinski definition) is 7. The van der Waals surface area contributed by atoms with Crippen molar-refractivity contribution in [3.05, 3.63) is 180 Å². The zero-order valence-electron chi connectivity index (χ0n) is 53.7. The van der Waals surface area contributed by atoms with Gasteiger partial charge in [0.25, 0.3) is 11.8 Å². The first-order valence-electron chi connectivity index (χ1n) is 31.4. The zero-order valence-corrected chi connectivity index (χ0v) is 56.9. The molecule has 5 heterocycles. The average molecular weight is 1360 g/mol. The van der Waals surface area contributed by atoms with E-state index in [1.54, 1.807) is 44.3 Å². The Balaban J connectivity index is 0.000000137. The quantitative estimate of drug-likeness (QED) is 0.0627. The molecule has 5 aromatic carbocycles. The smallest absolute Gasteiger partial charge is 0.331 e. The van der Waals surface area contributed by atoms with Gasteiger partial charge < -0.3 is 25.8 Å². The number of pyridine rings is 2. The van der Waals surface area contributed by atoms with E-state index < -0.39 is 71.2 Å². The van der Waals surface area contributed by atoms with E-state index in [9.17, 15) is 46.5 Å². The van der Waals surface area contributed by atoms with Crippen molar-refractivity contribution >= 4 is 94.2 Å². The van der Waals surface area contributed by atoms with E-state index in [0.29, 0.717) is 17.1 Å². The number of para-hydroxylation sites is 1. The minimum Gasteiger partial charge on any atom is -0.481 e. The van der Waals surface area contributed by atoms with Crippen LogP contribution in [-0.2, 0) is 92.1 Å². The first-order valence-corrected chi connectivity index (χ1v) is 36.3. The standard InChI is InChI=1S/C27H30N4O4S.C23H25N3O4S.C19H17ClN4O3S/c1-16(2)19-8-7-9-20(17-12-13-28-23(14-17)35-6)24(19)29-26(33)31-36(34)22-15-18(27(3,4)5)10-11-21(22)25(32)30-36;1-23(2,29)15-9-10-18-19(12-15)31(30,25-21(18)27)26-22(28)24-20-16-7-3-5-13(16)11-14-6-4-8-17(14)20;20-15-8-7-14-17(21-15)18(25)23-28(14,27)24-19(26)22-16-12-5-1-3-10(12)9-11-4-2-6-13(11)16/h7-16H,1-6H3,(H2,29,30,31,32,33,34);9-12,29H,3-8H2,1-2H3,(H2,24,25,26,27,28,30);7-9H,1-6H2,(H2,22,23,24,25,26,27). The highest BCUT2D eigenvalue weighted by Crippen LogP contribution is 2.42. The Kier molecular flexibility index (Phi) is 17.7. The molecule has 0 bridgehead atoms. The van der Waals surface area contributed by atoms with Crippen molar-refractivity contribution in [2.75, 3.05) is 23.1 Å². The van der Waals surface area contributed by atoms with Gasteiger partial charge in [0, 0.05) is 29.2 Å². The number of benzene rings is 5. The fraction of sp³-hybridized carbons (Fsp3) is 0.333. The Morgan fingerprint density at radius 1 is 0.537 bits per heavy atom. The molecule has 95 heavy (non-hydrogen) atoms. The van der Waals surface area contributed by atoms with E-state index in [1.165, 1.54) is 64.8 Å². The van der Waals surface area contributed by atoms with Crippen LogP contribution in [0.5, 0.6) is 5.88 Å². The van der Waals surface area contributed by atoms with Crippen molar-refractivity contribution in [3.8, 4) is 17.0 Å². The summed E-state index contributed by atoms with van der Waals surface area (Å²) in [6.45, 7) is 13.3. The molecule has 3 aliphatic heterocycles. The summed E-state index contributed by atoms with van der Waals surface area (Å²) in [5.74, 6) is -1.46. The largest absolute Gasteiger partial charge is 0.481 e. The number of halogens is 1. The van der Waals surface area contributed by atoms with Gasteiger partial charge in [-0.3, -0.25) is 14.4 Å². The molecule has 0 saturated heterocycles. The molecule has 7 N–H and O–H groups in total. The van der Waals surface area contributed by atoms with E-state index in [2.05, 4.69) is 65.3 Å². The minimum atomic E-state index is -3.50. The summed E-state index contributed by atoms with van der Waals surface area (Å²) in [5, 5.41) is 19.1. The van der Waals surface area contributed by atoms with E-state index in [-0.39, 0.29) is 48.0 Å². The van der Waals surface area contributed by atoms with Crippen LogP contribution in [0.15, 0.2) is 125 Å². The summed E-state index contributed by atoms with van der Waals surface area (Å²) >= 11 is 5.81. The van der Waals surface area contributed by atoms with Crippen LogP contribution in [0, 0.1) is 0 Å². The van der Waals surface area contributed by atoms with Crippen LogP contribution in [-0.4, -0.2) is 70.6 Å². The number of amides is 9. The number of rotatable bonds is 10. The van der Waals surface area contributed by atoms with Crippen molar-refractivity contribution < 1.29 is 51.2 Å². The molecular weight excluding hydrogens is 1290 g/mol. The van der Waals surface area contributed by atoms with Crippen molar-refractivity contribution in [3.63, 3.8) is 0 Å². The molecule has 3 atom stereocenters. The molecule has 494 valence electrons. The highest BCUT2D eigenvalue weighted by atomic mass is 35.5. The van der Waals surface area contributed by atoms with Gasteiger partial charge in [-0.05, 0) is 211 Å². The summed E-state index contributed by atoms with van der Waals surface area (Å²) in [6, 6.07) is 24.4. The maximum atomic E-state index is 13.8. The van der Waals surface area contributed by atoms with Crippen LogP contribution >= 0.6 is 11.6 Å². The second-order valence-corrected chi connectivity index (χ2v) is 32.1. The number of carbonyl (C=O) groups is 6. The van der Waals surface area contributed by atoms with Gasteiger partial charge in [0.15, 0.2) is 35.4 Å². The number of aromatic nitrogens is 2. The molecule has 26 heteroatoms. The first-order chi connectivity index (χ1) is 45.0. The van der Waals surface area contributed by atoms with Crippen LogP contribution in [0.25, 0.3) is 11.1 Å². The summed E-state index contributed by atoms with van der Waals surface area (Å²) in [4.78, 5) is 84.3. The fourth-order valence-corrected chi connectivity index (χ4v) is 18.2. The van der Waals surface area contributed by atoms with Crippen LogP contribution < -0.4 is 34.9 Å². The second kappa shape index (κ2) is 25.4. The number of aryl methyl sites for hydroxylation is 4. The lowest BCUT2D eigenvalue weighted by Gasteiger charge is -2.21. The molecule has 0 radical (unpaired) electrons. The number of urea groups is 3. The third-order valence-electron chi connectivity index (χ3n) is 17.9. The second-order valence-electron chi connectivity index (χ2n) is 26.1. The van der Waals surface area contributed by atoms with Gasteiger partial charge >= 0.3 is 24.0 Å². The summed E-state index contributed by atoms with van der Waals surface area (Å²) in [7, 11) is -8.89. The Morgan fingerprint density at radius 3 is 1.45 bits per heavy atom. The van der Waals surface area contributed by atoms with Crippen LogP contribution in [0.2, 0.25) is 5.15 Å². The van der Waals surface area contributed by atoms with E-state index in [0.717, 1.165) is 122 Å². The molecule has 14 rings (SSSR count). The number of hydrogen-bond acceptors (Lipinski definition) is 13. The number of methoxy groups -OCH3 is 1. The highest BCUT2D eigenvalue weighted by molar-refractivity contribution is 7.93. The molecule has 9 amide bonds. The molecule has 4 aliphatic carbocycles. The maximum Gasteiger partial charge on any atom is 0.331 e. The van der Waals surface area contributed by atoms with Gasteiger partial charge in [0.1, 0.15) is 5.15 Å². The molecule has 3 unspecified atom stereocenters. The third kappa shape index (κ3) is 13.1. The van der Waals surface area contributed by atoms with Crippen LogP contribution in [0.4, 0.5) is 31.4 Å². The number of nitrogens with zero attached hydrogens (tertiary/aromatic N) is 5. The molecule has 0 saturated carbocycles. The number of carbonyl (C=O) groups excluding carboxylic acids is 6. The molecular formula is C69H72ClN11O11S3. The number of nitrogens with one attached hydrogen (secondary N) is 6. The van der Waals surface area contributed by atoms with Crippen molar-refractivity contribution in [1.82, 2.24) is 24.1 Å². The number of ether oxygens (including phenoxy) is 1. The van der Waals surface area contributed by atoms with Gasteiger partial charge in [-0.25, -0.2) is 51.1 Å². The van der Waals surface area contributed by atoms with Crippen molar-refractivity contribution in [2.24, 2.45) is 13.1 Å². The van der Waals surface area contributed by atoms with Gasteiger partial charge in [0.2, 0.25) is 5.88 Å². The lowest BCUT2D eigenvalue weighted by molar-refractivity contribution is 0.0782. The number of aliphatic hydroxyl groups is 1. The molecule has 7 aliphatic rings. The highest BCUT2D eigenvalue weighted by Gasteiger charge is 2.37. The molecule has 2 aromatic heterocycles. The van der Waals surface area contributed by atoms with Gasteiger partial charge in [0.05, 0.1) is 44.2 Å². The lowest BCUT2D eigenvalue weighted by atomic mass is 9.86. The normalized spacial score (nSPS) is 19.8. The monoisotopic (exact) mass is 1360 g/mol. The Bertz CT molecular complexity index is 4830. The predicted octanol–water partition coefficient (Wildman–Crippen LogP) is 12.9. The summed E-state index contributed by atoms with van der Waals surface area (Å²) < 4.78 is 64.3. The lowest BCUT2D eigenvalue weighted by Crippen LogP contribution is -2.34. The minimum absolute atomic E-state index is 0.0839. The third-order valence-corrected chi connectivity index (χ3v) is 23.5. The molecule has 22 nitrogen and oxygen atoms in total. The topological polar surface area (TPSA) is 318 Å². The molecule has 7 aromatic rings. The SMILES string of the molecule is CC(C)(O)c1ccc2c(c1)S(=O)(NC(=O)Nc1c3c(cc4c1CCC4)CCC3)=NC2=O.COc1cc(-c2cccc(C(C)C)c2NC(=O)NS2(=O)=NC(=O)c3ccc(C(C)(C)C)cc32)ccn1.O=C(Nc1c2c(cc3c1CCC3)CCC2)NS1(=O)=NC(=O)c2nc(Cl)ccc21. The Morgan fingerprint density at radius 2 is 0.989 bits per heavy atom. The Labute approximate surface area is 556 Å². The number of fused-ring (bicyclic) bond motifs is 7. The van der Waals surface area contributed by atoms with Gasteiger partial charge in [-0.2, -0.15) is 0 Å². The predicted molar refractivity (Wildman–Crippen MR) is 363 cm³/mol. The zero-order chi connectivity index (χ0) is 67.7. The molecule has 0 fully saturated rings. The van der Waals surface area contributed by atoms with Crippen LogP contribution in [0.1, 0.15) is 172 Å².